The molecule has 1 fully saturated rings. The van der Waals surface area contributed by atoms with Gasteiger partial charge in [0.2, 0.25) is 0 Å². The maximum atomic E-state index is 12.4. The lowest BCUT2D eigenvalue weighted by molar-refractivity contribution is -0.179. The number of carbonyl (C=O) groups excluding carboxylic acids is 1. The molecule has 0 saturated carbocycles. The van der Waals surface area contributed by atoms with Crippen LogP contribution in [-0.4, -0.2) is 49.2 Å². The number of ether oxygens (including phenoxy) is 4. The summed E-state index contributed by atoms with van der Waals surface area (Å²) in [6, 6.07) is 31.4. The summed E-state index contributed by atoms with van der Waals surface area (Å²) in [5, 5.41) is 4.86. The molecule has 0 bridgehead atoms. The highest BCUT2D eigenvalue weighted by Crippen LogP contribution is 2.33. The van der Waals surface area contributed by atoms with Gasteiger partial charge in [-0.1, -0.05) is 88.7 Å². The topological polar surface area (TPSA) is 66.5 Å². The summed E-state index contributed by atoms with van der Waals surface area (Å²) in [7, 11) is 0. The smallest absolute Gasteiger partial charge is 0.494 e. The predicted molar refractivity (Wildman–Crippen MR) is 184 cm³/mol. The molecule has 1 aliphatic rings. The molecule has 46 heavy (non-hydrogen) atoms. The SMILES string of the molecule is CC(C)(C)OC(=O)ON1CCC(c2ccc(OCCCOCc3ccccc3)cc2)C(OCc2ccc3ccc(CBr)cc3c2)C1. The van der Waals surface area contributed by atoms with Crippen molar-refractivity contribution in [1.29, 1.82) is 0 Å². The summed E-state index contributed by atoms with van der Waals surface area (Å²) in [6.45, 7) is 8.78. The summed E-state index contributed by atoms with van der Waals surface area (Å²) in [5.74, 6) is 0.952. The van der Waals surface area contributed by atoms with Gasteiger partial charge in [-0.25, -0.2) is 4.79 Å². The number of hydroxylamine groups is 2. The number of rotatable bonds is 13. The van der Waals surface area contributed by atoms with Crippen molar-refractivity contribution in [3.8, 4) is 5.75 Å². The van der Waals surface area contributed by atoms with Gasteiger partial charge in [0.05, 0.1) is 39.1 Å². The van der Waals surface area contributed by atoms with Crippen LogP contribution in [0.5, 0.6) is 5.75 Å². The molecule has 0 spiro atoms. The third-order valence-electron chi connectivity index (χ3n) is 7.82. The van der Waals surface area contributed by atoms with Gasteiger partial charge >= 0.3 is 6.16 Å². The summed E-state index contributed by atoms with van der Waals surface area (Å²) in [6.07, 6.45) is 0.675. The normalized spacial score (nSPS) is 17.1. The Morgan fingerprint density at radius 3 is 2.33 bits per heavy atom. The Morgan fingerprint density at radius 1 is 0.848 bits per heavy atom. The molecule has 8 heteroatoms. The second-order valence-electron chi connectivity index (χ2n) is 12.6. The third-order valence-corrected chi connectivity index (χ3v) is 8.47. The molecule has 0 aliphatic carbocycles. The fraction of sp³-hybridized carbons (Fsp3) is 0.395. The maximum absolute atomic E-state index is 12.4. The van der Waals surface area contributed by atoms with Gasteiger partial charge in [0, 0.05) is 24.2 Å². The van der Waals surface area contributed by atoms with Gasteiger partial charge in [-0.15, -0.1) is 5.06 Å². The van der Waals surface area contributed by atoms with Gasteiger partial charge in [-0.3, -0.25) is 0 Å². The van der Waals surface area contributed by atoms with E-state index in [9.17, 15) is 4.79 Å². The number of alkyl halides is 1. The average molecular weight is 691 g/mol. The van der Waals surface area contributed by atoms with Gasteiger partial charge in [-0.2, -0.15) is 0 Å². The van der Waals surface area contributed by atoms with Gasteiger partial charge in [0.15, 0.2) is 0 Å². The quantitative estimate of drug-likeness (QED) is 0.0789. The van der Waals surface area contributed by atoms with E-state index < -0.39 is 11.8 Å². The first-order valence-corrected chi connectivity index (χ1v) is 17.1. The molecule has 2 unspecified atom stereocenters. The van der Waals surface area contributed by atoms with Crippen molar-refractivity contribution in [2.45, 2.75) is 69.8 Å². The molecular weight excluding hydrogens is 646 g/mol. The zero-order valence-electron chi connectivity index (χ0n) is 27.0. The first-order valence-electron chi connectivity index (χ1n) is 16.0. The molecule has 0 aromatic heterocycles. The molecule has 7 nitrogen and oxygen atoms in total. The molecule has 0 amide bonds. The van der Waals surface area contributed by atoms with Crippen molar-refractivity contribution in [2.24, 2.45) is 0 Å². The molecule has 4 aromatic rings. The van der Waals surface area contributed by atoms with Gasteiger partial charge in [0.1, 0.15) is 11.4 Å². The lowest BCUT2D eigenvalue weighted by Gasteiger charge is -2.37. The van der Waals surface area contributed by atoms with Crippen LogP contribution in [0.15, 0.2) is 91.0 Å². The summed E-state index contributed by atoms with van der Waals surface area (Å²) in [4.78, 5) is 18.0. The second-order valence-corrected chi connectivity index (χ2v) is 13.2. The van der Waals surface area contributed by atoms with E-state index in [1.165, 1.54) is 27.5 Å². The number of nitrogens with zero attached hydrogens (tertiary/aromatic N) is 1. The average Bonchev–Trinajstić information content (AvgIpc) is 3.05. The molecule has 244 valence electrons. The van der Waals surface area contributed by atoms with Gasteiger partial charge in [-0.05, 0) is 78.4 Å². The van der Waals surface area contributed by atoms with Crippen LogP contribution in [0.25, 0.3) is 10.8 Å². The van der Waals surface area contributed by atoms with Crippen LogP contribution in [0.2, 0.25) is 0 Å². The molecule has 4 aromatic carbocycles. The Morgan fingerprint density at radius 2 is 1.59 bits per heavy atom. The van der Waals surface area contributed by atoms with Gasteiger partial charge < -0.3 is 23.8 Å². The van der Waals surface area contributed by atoms with E-state index in [1.807, 2.05) is 51.1 Å². The summed E-state index contributed by atoms with van der Waals surface area (Å²) < 4.78 is 23.7. The molecule has 5 rings (SSSR count). The molecule has 2 atom stereocenters. The van der Waals surface area contributed by atoms with Crippen LogP contribution in [0.1, 0.15) is 61.8 Å². The van der Waals surface area contributed by atoms with Crippen molar-refractivity contribution in [3.63, 3.8) is 0 Å². The number of benzene rings is 4. The van der Waals surface area contributed by atoms with Crippen LogP contribution in [-0.2, 0) is 37.6 Å². The first kappa shape index (κ1) is 33.9. The highest BCUT2D eigenvalue weighted by Gasteiger charge is 2.34. The minimum atomic E-state index is -0.700. The Balaban J connectivity index is 1.19. The van der Waals surface area contributed by atoms with E-state index in [2.05, 4.69) is 76.6 Å². The van der Waals surface area contributed by atoms with E-state index in [1.54, 1.807) is 5.06 Å². The third kappa shape index (κ3) is 10.3. The monoisotopic (exact) mass is 689 g/mol. The van der Waals surface area contributed by atoms with Crippen LogP contribution in [0.4, 0.5) is 4.79 Å². The number of piperidine rings is 1. The van der Waals surface area contributed by atoms with E-state index in [4.69, 9.17) is 23.8 Å². The highest BCUT2D eigenvalue weighted by molar-refractivity contribution is 9.08. The minimum absolute atomic E-state index is 0.124. The minimum Gasteiger partial charge on any atom is -0.494 e. The lowest BCUT2D eigenvalue weighted by atomic mass is 9.87. The number of hydrogen-bond acceptors (Lipinski definition) is 7. The highest BCUT2D eigenvalue weighted by atomic mass is 79.9. The molecule has 1 heterocycles. The standard InChI is InChI=1S/C38H44BrNO6/c1-38(2,3)45-37(41)46-40-19-18-35(36(25-40)44-27-30-11-13-31-12-10-29(24-39)22-33(31)23-30)32-14-16-34(17-15-32)43-21-7-20-42-26-28-8-5-4-6-9-28/h4-6,8-17,22-23,35-36H,7,18-21,24-27H2,1-3H3. The van der Waals surface area contributed by atoms with Crippen molar-refractivity contribution < 1.29 is 28.6 Å². The zero-order valence-corrected chi connectivity index (χ0v) is 28.5. The summed E-state index contributed by atoms with van der Waals surface area (Å²) >= 11 is 3.56. The zero-order chi connectivity index (χ0) is 32.4. The largest absolute Gasteiger partial charge is 0.528 e. The van der Waals surface area contributed by atoms with Crippen molar-refractivity contribution in [2.75, 3.05) is 26.3 Å². The number of hydrogen-bond donors (Lipinski definition) is 0. The molecule has 0 radical (unpaired) electrons. The molecule has 0 N–H and O–H groups in total. The van der Waals surface area contributed by atoms with Crippen LogP contribution in [0.3, 0.4) is 0 Å². The predicted octanol–water partition coefficient (Wildman–Crippen LogP) is 8.96. The van der Waals surface area contributed by atoms with E-state index in [0.717, 1.165) is 29.5 Å². The second kappa shape index (κ2) is 16.4. The Labute approximate surface area is 280 Å². The molecular formula is C38H44BrNO6. The lowest BCUT2D eigenvalue weighted by Crippen LogP contribution is -2.45. The number of carbonyl (C=O) groups is 1. The molecule has 1 aliphatic heterocycles. The fourth-order valence-electron chi connectivity index (χ4n) is 5.54. The fourth-order valence-corrected chi connectivity index (χ4v) is 5.89. The molecule has 1 saturated heterocycles. The van der Waals surface area contributed by atoms with Crippen LogP contribution >= 0.6 is 15.9 Å². The van der Waals surface area contributed by atoms with Crippen molar-refractivity contribution in [1.82, 2.24) is 5.06 Å². The van der Waals surface area contributed by atoms with Gasteiger partial charge in [0.25, 0.3) is 0 Å². The van der Waals surface area contributed by atoms with E-state index in [0.29, 0.717) is 39.5 Å². The Kier molecular flexibility index (Phi) is 12.1. The first-order chi connectivity index (χ1) is 22.3. The van der Waals surface area contributed by atoms with Crippen LogP contribution in [0, 0.1) is 0 Å². The maximum Gasteiger partial charge on any atom is 0.528 e. The van der Waals surface area contributed by atoms with E-state index >= 15 is 0 Å². The number of halogens is 1. The number of fused-ring (bicyclic) bond motifs is 1. The van der Waals surface area contributed by atoms with Crippen molar-refractivity contribution >= 4 is 32.9 Å². The summed E-state index contributed by atoms with van der Waals surface area (Å²) in [5.41, 5.74) is 4.04. The Bertz CT molecular complexity index is 1540. The Hall–Kier alpha value is -3.43. The van der Waals surface area contributed by atoms with Crippen LogP contribution < -0.4 is 4.74 Å². The van der Waals surface area contributed by atoms with E-state index in [-0.39, 0.29) is 12.0 Å². The van der Waals surface area contributed by atoms with Crippen molar-refractivity contribution in [3.05, 3.63) is 113 Å².